The van der Waals surface area contributed by atoms with Crippen LogP contribution in [0, 0.1) is 11.3 Å². The van der Waals surface area contributed by atoms with Gasteiger partial charge in [-0.3, -0.25) is 9.59 Å². The van der Waals surface area contributed by atoms with Crippen LogP contribution in [0.3, 0.4) is 0 Å². The number of rotatable bonds is 9. The highest BCUT2D eigenvalue weighted by Crippen LogP contribution is 2.29. The van der Waals surface area contributed by atoms with Crippen molar-refractivity contribution < 1.29 is 19.1 Å². The summed E-state index contributed by atoms with van der Waals surface area (Å²) in [6.07, 6.45) is 1.50. The number of nitriles is 1. The van der Waals surface area contributed by atoms with Crippen molar-refractivity contribution in [3.8, 4) is 17.6 Å². The molecule has 0 saturated carbocycles. The van der Waals surface area contributed by atoms with Gasteiger partial charge in [-0.25, -0.2) is 5.43 Å². The van der Waals surface area contributed by atoms with Crippen molar-refractivity contribution in [2.45, 2.75) is 20.5 Å². The largest absolute Gasteiger partial charge is 0.490 e. The molecule has 172 valence electrons. The Morgan fingerprint density at radius 3 is 2.50 bits per heavy atom. The van der Waals surface area contributed by atoms with Gasteiger partial charge in [-0.05, 0) is 61.0 Å². The van der Waals surface area contributed by atoms with Gasteiger partial charge in [-0.15, -0.1) is 0 Å². The lowest BCUT2D eigenvalue weighted by Gasteiger charge is -2.13. The number of anilines is 1. The van der Waals surface area contributed by atoms with E-state index < -0.39 is 0 Å². The zero-order valence-corrected chi connectivity index (χ0v) is 18.9. The van der Waals surface area contributed by atoms with Crippen LogP contribution in [0.4, 0.5) is 5.69 Å². The van der Waals surface area contributed by atoms with Gasteiger partial charge in [0.15, 0.2) is 11.5 Å². The fourth-order valence-electron chi connectivity index (χ4n) is 3.04. The first-order valence-corrected chi connectivity index (χ1v) is 10.6. The molecule has 8 heteroatoms. The summed E-state index contributed by atoms with van der Waals surface area (Å²) in [6.45, 7) is 3.96. The Morgan fingerprint density at radius 1 is 1.03 bits per heavy atom. The molecule has 34 heavy (non-hydrogen) atoms. The normalized spacial score (nSPS) is 10.4. The van der Waals surface area contributed by atoms with Crippen molar-refractivity contribution in [2.75, 3.05) is 11.9 Å². The first-order valence-electron chi connectivity index (χ1n) is 10.6. The number of hydrogen-bond donors (Lipinski definition) is 2. The molecule has 3 aromatic rings. The van der Waals surface area contributed by atoms with Gasteiger partial charge in [0.1, 0.15) is 6.61 Å². The Hall–Kier alpha value is -4.64. The van der Waals surface area contributed by atoms with Gasteiger partial charge in [-0.1, -0.05) is 18.2 Å². The smallest absolute Gasteiger partial charge is 0.271 e. The number of amides is 2. The van der Waals surface area contributed by atoms with E-state index in [0.717, 1.165) is 5.56 Å². The Morgan fingerprint density at radius 2 is 1.79 bits per heavy atom. The van der Waals surface area contributed by atoms with Crippen LogP contribution in [-0.2, 0) is 11.4 Å². The van der Waals surface area contributed by atoms with Gasteiger partial charge in [0, 0.05) is 23.7 Å². The predicted octanol–water partition coefficient (Wildman–Crippen LogP) is 4.26. The fourth-order valence-corrected chi connectivity index (χ4v) is 3.04. The first-order chi connectivity index (χ1) is 16.5. The van der Waals surface area contributed by atoms with Crippen molar-refractivity contribution >= 4 is 23.7 Å². The van der Waals surface area contributed by atoms with E-state index in [1.165, 1.54) is 13.1 Å². The summed E-state index contributed by atoms with van der Waals surface area (Å²) in [5.74, 6) is 0.499. The minimum absolute atomic E-state index is 0.184. The quantitative estimate of drug-likeness (QED) is 0.369. The third-order valence-corrected chi connectivity index (χ3v) is 4.64. The maximum Gasteiger partial charge on any atom is 0.271 e. The molecule has 0 aromatic heterocycles. The molecule has 0 aliphatic rings. The molecule has 0 bridgehead atoms. The summed E-state index contributed by atoms with van der Waals surface area (Å²) < 4.78 is 11.6. The predicted molar refractivity (Wildman–Crippen MR) is 129 cm³/mol. The molecule has 0 heterocycles. The molecule has 0 atom stereocenters. The lowest BCUT2D eigenvalue weighted by Crippen LogP contribution is -2.17. The van der Waals surface area contributed by atoms with E-state index in [0.29, 0.717) is 40.5 Å². The second-order valence-corrected chi connectivity index (χ2v) is 7.15. The molecule has 3 aromatic carbocycles. The fraction of sp³-hybridized carbons (Fsp3) is 0.154. The monoisotopic (exact) mass is 456 g/mol. The molecule has 0 unspecified atom stereocenters. The highest BCUT2D eigenvalue weighted by atomic mass is 16.5. The zero-order valence-electron chi connectivity index (χ0n) is 18.9. The maximum absolute atomic E-state index is 12.3. The number of nitrogens with one attached hydrogen (secondary N) is 2. The van der Waals surface area contributed by atoms with E-state index in [1.807, 2.05) is 19.1 Å². The Labute approximate surface area is 197 Å². The standard InChI is InChI=1S/C26H24N4O4/c1-3-33-25-14-19(8-13-24(25)34-17-22-7-5-4-6-21(22)15-27)16-28-30-26(32)20-9-11-23(12-10-20)29-18(2)31/h4-14,16H,3,17H2,1-2H3,(H,29,31)(H,30,32). The van der Waals surface area contributed by atoms with Crippen molar-refractivity contribution in [1.82, 2.24) is 5.43 Å². The van der Waals surface area contributed by atoms with E-state index in [4.69, 9.17) is 9.47 Å². The van der Waals surface area contributed by atoms with Crippen molar-refractivity contribution in [3.05, 3.63) is 89.0 Å². The van der Waals surface area contributed by atoms with Crippen molar-refractivity contribution in [2.24, 2.45) is 5.10 Å². The van der Waals surface area contributed by atoms with E-state index >= 15 is 0 Å². The second-order valence-electron chi connectivity index (χ2n) is 7.15. The number of carbonyl (C=O) groups is 2. The van der Waals surface area contributed by atoms with Crippen LogP contribution >= 0.6 is 0 Å². The Bertz CT molecular complexity index is 1230. The van der Waals surface area contributed by atoms with Crippen LogP contribution < -0.4 is 20.2 Å². The molecule has 0 radical (unpaired) electrons. The zero-order chi connectivity index (χ0) is 24.3. The molecular weight excluding hydrogens is 432 g/mol. The van der Waals surface area contributed by atoms with Gasteiger partial charge in [0.2, 0.25) is 5.91 Å². The van der Waals surface area contributed by atoms with Crippen LogP contribution in [0.1, 0.15) is 40.9 Å². The summed E-state index contributed by atoms with van der Waals surface area (Å²) in [4.78, 5) is 23.4. The second kappa shape index (κ2) is 11.8. The maximum atomic E-state index is 12.3. The molecule has 0 spiro atoms. The SMILES string of the molecule is CCOc1cc(C=NNC(=O)c2ccc(NC(C)=O)cc2)ccc1OCc1ccccc1C#N. The molecule has 0 aliphatic heterocycles. The minimum Gasteiger partial charge on any atom is -0.490 e. The van der Waals surface area contributed by atoms with Crippen LogP contribution in [-0.4, -0.2) is 24.6 Å². The summed E-state index contributed by atoms with van der Waals surface area (Å²) in [6, 6.07) is 21.2. The van der Waals surface area contributed by atoms with Crippen LogP contribution in [0.25, 0.3) is 0 Å². The third kappa shape index (κ3) is 6.68. The van der Waals surface area contributed by atoms with E-state index in [9.17, 15) is 14.9 Å². The van der Waals surface area contributed by atoms with E-state index in [2.05, 4.69) is 21.9 Å². The number of ether oxygens (including phenoxy) is 2. The molecule has 3 rings (SSSR count). The molecule has 0 aliphatic carbocycles. The highest BCUT2D eigenvalue weighted by Gasteiger charge is 2.09. The van der Waals surface area contributed by atoms with Crippen molar-refractivity contribution in [1.29, 1.82) is 5.26 Å². The van der Waals surface area contributed by atoms with Crippen LogP contribution in [0.15, 0.2) is 71.8 Å². The minimum atomic E-state index is -0.383. The molecule has 8 nitrogen and oxygen atoms in total. The molecular formula is C26H24N4O4. The lowest BCUT2D eigenvalue weighted by molar-refractivity contribution is -0.114. The Kier molecular flexibility index (Phi) is 8.36. The number of hydrazone groups is 1. The topological polar surface area (TPSA) is 113 Å². The van der Waals surface area contributed by atoms with E-state index in [1.54, 1.807) is 54.6 Å². The van der Waals surface area contributed by atoms with Gasteiger partial charge in [0.25, 0.3) is 5.91 Å². The molecule has 0 saturated heterocycles. The van der Waals surface area contributed by atoms with Crippen LogP contribution in [0.2, 0.25) is 0 Å². The summed E-state index contributed by atoms with van der Waals surface area (Å²) in [5, 5.41) is 15.9. The van der Waals surface area contributed by atoms with Gasteiger partial charge in [-0.2, -0.15) is 10.4 Å². The highest BCUT2D eigenvalue weighted by molar-refractivity contribution is 5.96. The number of benzene rings is 3. The van der Waals surface area contributed by atoms with Gasteiger partial charge in [0.05, 0.1) is 24.5 Å². The van der Waals surface area contributed by atoms with E-state index in [-0.39, 0.29) is 18.4 Å². The average molecular weight is 457 g/mol. The third-order valence-electron chi connectivity index (χ3n) is 4.64. The number of hydrogen-bond acceptors (Lipinski definition) is 6. The Balaban J connectivity index is 1.64. The number of nitrogens with zero attached hydrogens (tertiary/aromatic N) is 2. The van der Waals surface area contributed by atoms with Gasteiger partial charge < -0.3 is 14.8 Å². The lowest BCUT2D eigenvalue weighted by atomic mass is 10.1. The average Bonchev–Trinajstić information content (AvgIpc) is 2.84. The van der Waals surface area contributed by atoms with Gasteiger partial charge >= 0.3 is 0 Å². The van der Waals surface area contributed by atoms with Crippen LogP contribution in [0.5, 0.6) is 11.5 Å². The molecule has 0 fully saturated rings. The number of carbonyl (C=O) groups excluding carboxylic acids is 2. The molecule has 2 N–H and O–H groups in total. The first kappa shape index (κ1) is 24.0. The summed E-state index contributed by atoms with van der Waals surface area (Å²) >= 11 is 0. The summed E-state index contributed by atoms with van der Waals surface area (Å²) in [7, 11) is 0. The summed E-state index contributed by atoms with van der Waals surface area (Å²) in [5.41, 5.74) is 5.53. The van der Waals surface area contributed by atoms with Crippen molar-refractivity contribution in [3.63, 3.8) is 0 Å². The molecule has 2 amide bonds.